The van der Waals surface area contributed by atoms with Gasteiger partial charge in [-0.15, -0.1) is 5.10 Å². The second-order valence-corrected chi connectivity index (χ2v) is 5.52. The molecule has 7 heteroatoms. The van der Waals surface area contributed by atoms with Crippen LogP contribution in [0.2, 0.25) is 0 Å². The number of aryl methyl sites for hydroxylation is 2. The van der Waals surface area contributed by atoms with Crippen LogP contribution in [0.3, 0.4) is 0 Å². The van der Waals surface area contributed by atoms with E-state index in [9.17, 15) is 4.79 Å². The van der Waals surface area contributed by atoms with E-state index in [-0.39, 0.29) is 11.6 Å². The molecular weight excluding hydrogens is 286 g/mol. The van der Waals surface area contributed by atoms with Crippen LogP contribution < -0.4 is 10.2 Å². The fraction of sp³-hybridized carbons (Fsp3) is 0.143. The van der Waals surface area contributed by atoms with Gasteiger partial charge >= 0.3 is 0 Å². The van der Waals surface area contributed by atoms with Crippen molar-refractivity contribution < 1.29 is 4.79 Å². The molecule has 0 saturated carbocycles. The van der Waals surface area contributed by atoms with Crippen LogP contribution >= 0.6 is 11.3 Å². The van der Waals surface area contributed by atoms with Crippen molar-refractivity contribution in [2.45, 2.75) is 6.92 Å². The van der Waals surface area contributed by atoms with Gasteiger partial charge in [-0.25, -0.2) is 10.4 Å². The van der Waals surface area contributed by atoms with Gasteiger partial charge in [0, 0.05) is 13.2 Å². The number of nitrogens with zero attached hydrogens (tertiary/aromatic N) is 4. The second-order valence-electron chi connectivity index (χ2n) is 4.51. The molecule has 0 aliphatic carbocycles. The lowest BCUT2D eigenvalue weighted by atomic mass is 10.3. The molecule has 3 rings (SSSR count). The predicted molar refractivity (Wildman–Crippen MR) is 80.6 cm³/mol. The van der Waals surface area contributed by atoms with Gasteiger partial charge in [0.15, 0.2) is 0 Å². The van der Waals surface area contributed by atoms with E-state index in [2.05, 4.69) is 20.5 Å². The Kier molecular flexibility index (Phi) is 3.49. The van der Waals surface area contributed by atoms with Gasteiger partial charge in [0.25, 0.3) is 5.91 Å². The summed E-state index contributed by atoms with van der Waals surface area (Å²) in [5, 5.41) is 4.16. The van der Waals surface area contributed by atoms with E-state index in [0.717, 1.165) is 15.9 Å². The molecule has 0 aliphatic rings. The number of amides is 1. The zero-order valence-corrected chi connectivity index (χ0v) is 12.4. The Labute approximate surface area is 124 Å². The molecule has 21 heavy (non-hydrogen) atoms. The lowest BCUT2D eigenvalue weighted by Crippen LogP contribution is -2.24. The van der Waals surface area contributed by atoms with E-state index in [1.165, 1.54) is 17.5 Å². The molecule has 1 N–H and O–H groups in total. The molecule has 106 valence electrons. The number of hydrogen-bond donors (Lipinski definition) is 1. The highest BCUT2D eigenvalue weighted by atomic mass is 32.1. The highest BCUT2D eigenvalue weighted by molar-refractivity contribution is 7.16. The quantitative estimate of drug-likeness (QED) is 0.730. The summed E-state index contributed by atoms with van der Waals surface area (Å²) in [6.45, 7) is 1.82. The minimum absolute atomic E-state index is 0.244. The van der Waals surface area contributed by atoms with Gasteiger partial charge in [-0.05, 0) is 19.1 Å². The number of fused-ring (bicyclic) bond motifs is 1. The molecule has 2 aromatic heterocycles. The maximum Gasteiger partial charge on any atom is 0.291 e. The van der Waals surface area contributed by atoms with Crippen LogP contribution in [0.4, 0.5) is 0 Å². The molecule has 0 bridgehead atoms. The zero-order chi connectivity index (χ0) is 14.8. The minimum atomic E-state index is -0.375. The van der Waals surface area contributed by atoms with Crippen LogP contribution in [0, 0.1) is 6.92 Å². The molecule has 0 atom stereocenters. The standard InChI is InChI=1S/C14H13N5OS/c1-9-7-16-10(8-15-9)13(20)17-18-14-19(2)11-5-3-4-6-12(11)21-14/h3-8H,1-2H3,(H,17,20)/b18-14+. The van der Waals surface area contributed by atoms with Crippen molar-refractivity contribution in [1.29, 1.82) is 0 Å². The molecule has 0 aliphatic heterocycles. The van der Waals surface area contributed by atoms with E-state index in [1.807, 2.05) is 42.8 Å². The van der Waals surface area contributed by atoms with Gasteiger partial charge in [0.2, 0.25) is 4.80 Å². The Morgan fingerprint density at radius 1 is 1.29 bits per heavy atom. The summed E-state index contributed by atoms with van der Waals surface area (Å²) in [7, 11) is 1.91. The van der Waals surface area contributed by atoms with Gasteiger partial charge in [-0.3, -0.25) is 9.78 Å². The summed E-state index contributed by atoms with van der Waals surface area (Å²) in [5.41, 5.74) is 4.59. The molecule has 6 nitrogen and oxygen atoms in total. The zero-order valence-electron chi connectivity index (χ0n) is 11.6. The summed E-state index contributed by atoms with van der Waals surface area (Å²) < 4.78 is 3.05. The van der Waals surface area contributed by atoms with E-state index < -0.39 is 0 Å². The molecule has 1 amide bonds. The van der Waals surface area contributed by atoms with E-state index in [1.54, 1.807) is 6.20 Å². The Morgan fingerprint density at radius 2 is 2.10 bits per heavy atom. The summed E-state index contributed by atoms with van der Waals surface area (Å²) in [6.07, 6.45) is 2.99. The monoisotopic (exact) mass is 299 g/mol. The van der Waals surface area contributed by atoms with Crippen LogP contribution in [0.15, 0.2) is 41.8 Å². The number of nitrogens with one attached hydrogen (secondary N) is 1. The van der Waals surface area contributed by atoms with Crippen LogP contribution in [-0.4, -0.2) is 20.4 Å². The van der Waals surface area contributed by atoms with E-state index in [4.69, 9.17) is 0 Å². The molecule has 0 unspecified atom stereocenters. The van der Waals surface area contributed by atoms with Crippen molar-refractivity contribution in [2.75, 3.05) is 0 Å². The maximum absolute atomic E-state index is 11.9. The number of carbonyl (C=O) groups excluding carboxylic acids is 1. The third kappa shape index (κ3) is 2.68. The average Bonchev–Trinajstić information content (AvgIpc) is 2.82. The number of benzene rings is 1. The number of para-hydroxylation sites is 1. The van der Waals surface area contributed by atoms with Crippen LogP contribution in [-0.2, 0) is 7.05 Å². The highest BCUT2D eigenvalue weighted by Gasteiger charge is 2.07. The third-order valence-electron chi connectivity index (χ3n) is 2.98. The van der Waals surface area contributed by atoms with Crippen molar-refractivity contribution in [3.63, 3.8) is 0 Å². The largest absolute Gasteiger partial charge is 0.318 e. The first-order valence-electron chi connectivity index (χ1n) is 6.32. The molecule has 1 aromatic carbocycles. The number of rotatable bonds is 2. The number of aromatic nitrogens is 3. The first-order valence-corrected chi connectivity index (χ1v) is 7.14. The molecule has 0 radical (unpaired) electrons. The van der Waals surface area contributed by atoms with Crippen LogP contribution in [0.1, 0.15) is 16.2 Å². The maximum atomic E-state index is 11.9. The van der Waals surface area contributed by atoms with Crippen LogP contribution in [0.5, 0.6) is 0 Å². The normalized spacial score (nSPS) is 11.8. The first-order chi connectivity index (χ1) is 10.1. The lowest BCUT2D eigenvalue weighted by Gasteiger charge is -1.98. The van der Waals surface area contributed by atoms with Crippen molar-refractivity contribution >= 4 is 27.5 Å². The lowest BCUT2D eigenvalue weighted by molar-refractivity contribution is 0.0947. The topological polar surface area (TPSA) is 72.2 Å². The average molecular weight is 299 g/mol. The number of hydrogen-bond acceptors (Lipinski definition) is 5. The van der Waals surface area contributed by atoms with Gasteiger partial charge in [-0.1, -0.05) is 23.5 Å². The predicted octanol–water partition coefficient (Wildman–Crippen LogP) is 1.58. The Morgan fingerprint density at radius 3 is 2.81 bits per heavy atom. The van der Waals surface area contributed by atoms with Crippen molar-refractivity contribution in [1.82, 2.24) is 20.0 Å². The van der Waals surface area contributed by atoms with Gasteiger partial charge in [-0.2, -0.15) is 0 Å². The molecule has 2 heterocycles. The smallest absolute Gasteiger partial charge is 0.291 e. The third-order valence-corrected chi connectivity index (χ3v) is 4.09. The van der Waals surface area contributed by atoms with Gasteiger partial charge in [0.1, 0.15) is 5.69 Å². The highest BCUT2D eigenvalue weighted by Crippen LogP contribution is 2.14. The van der Waals surface area contributed by atoms with E-state index >= 15 is 0 Å². The fourth-order valence-corrected chi connectivity index (χ4v) is 2.83. The second kappa shape index (κ2) is 5.45. The van der Waals surface area contributed by atoms with Crippen molar-refractivity contribution in [2.24, 2.45) is 12.1 Å². The Bertz CT molecular complexity index is 863. The van der Waals surface area contributed by atoms with Crippen molar-refractivity contribution in [3.8, 4) is 0 Å². The molecule has 0 spiro atoms. The van der Waals surface area contributed by atoms with Crippen LogP contribution in [0.25, 0.3) is 10.2 Å². The number of thiazole rings is 1. The van der Waals surface area contributed by atoms with Crippen molar-refractivity contribution in [3.05, 3.63) is 52.8 Å². The summed E-state index contributed by atoms with van der Waals surface area (Å²) >= 11 is 1.51. The molecule has 0 fully saturated rings. The summed E-state index contributed by atoms with van der Waals surface area (Å²) in [6, 6.07) is 7.98. The first kappa shape index (κ1) is 13.4. The minimum Gasteiger partial charge on any atom is -0.318 e. The van der Waals surface area contributed by atoms with Gasteiger partial charge in [0.05, 0.1) is 22.1 Å². The van der Waals surface area contributed by atoms with Gasteiger partial charge < -0.3 is 4.57 Å². The van der Waals surface area contributed by atoms with E-state index in [0.29, 0.717) is 4.80 Å². The molecule has 3 aromatic rings. The summed E-state index contributed by atoms with van der Waals surface area (Å²) in [4.78, 5) is 20.7. The Balaban J connectivity index is 1.89. The SMILES string of the molecule is Cc1cnc(C(=O)N/N=c2/sc3ccccc3n2C)cn1. The summed E-state index contributed by atoms with van der Waals surface area (Å²) in [5.74, 6) is -0.375. The number of carbonyl (C=O) groups is 1. The fourth-order valence-electron chi connectivity index (χ4n) is 1.85. The molecule has 0 saturated heterocycles. The molecular formula is C14H13N5OS. The Hall–Kier alpha value is -2.54.